The Morgan fingerprint density at radius 3 is 1.19 bits per heavy atom. The molecule has 198 valence electrons. The summed E-state index contributed by atoms with van der Waals surface area (Å²) in [5, 5.41) is 19.6. The van der Waals surface area contributed by atoms with Crippen molar-refractivity contribution in [1.82, 2.24) is 9.97 Å². The number of carbonyl (C=O) groups is 2. The maximum Gasteiger partial charge on any atom is 0.353 e. The van der Waals surface area contributed by atoms with Crippen LogP contribution in [-0.4, -0.2) is 32.9 Å². The number of aromatic carboxylic acids is 2. The molecule has 18 heteroatoms. The van der Waals surface area contributed by atoms with Gasteiger partial charge in [-0.15, -0.1) is 0 Å². The number of nitrogen functional groups attached to an aromatic ring is 2. The molecule has 2 aromatic heterocycles. The minimum atomic E-state index is -1.84. The third-order valence-electron chi connectivity index (χ3n) is 3.55. The van der Waals surface area contributed by atoms with E-state index in [0.29, 0.717) is 11.9 Å². The van der Waals surface area contributed by atoms with E-state index in [-0.39, 0.29) is 32.1 Å². The van der Waals surface area contributed by atoms with E-state index in [1.807, 2.05) is 0 Å². The largest absolute Gasteiger partial charge is 0.545 e. The quantitative estimate of drug-likeness (QED) is 0.183. The van der Waals surface area contributed by atoms with Gasteiger partial charge in [0.15, 0.2) is 0 Å². The number of carbonyl (C=O) groups excluding carboxylic acids is 2. The zero-order valence-electron chi connectivity index (χ0n) is 18.3. The van der Waals surface area contributed by atoms with Crippen molar-refractivity contribution in [3.8, 4) is 0 Å². The summed E-state index contributed by atoms with van der Waals surface area (Å²) in [7, 11) is 0. The van der Waals surface area contributed by atoms with Crippen molar-refractivity contribution in [2.75, 3.05) is 11.5 Å². The van der Waals surface area contributed by atoms with E-state index in [1.54, 1.807) is 13.8 Å². The van der Waals surface area contributed by atoms with Gasteiger partial charge in [-0.3, -0.25) is 21.1 Å². The molecular weight excluding hydrogens is 570 g/mol. The van der Waals surface area contributed by atoms with Gasteiger partial charge in [0.05, 0.1) is 55.5 Å². The molecule has 12 N–H and O–H groups in total. The first kappa shape index (κ1) is 34.8. The summed E-state index contributed by atoms with van der Waals surface area (Å²) in [6.45, 7) is 3.54. The van der Waals surface area contributed by atoms with E-state index >= 15 is 0 Å². The zero-order chi connectivity index (χ0) is 26.3. The highest BCUT2D eigenvalue weighted by molar-refractivity contribution is 6.53. The number of carboxylic acids is 2. The number of nitrogens with two attached hydrogens (primary N) is 2. The maximum atomic E-state index is 10.7. The van der Waals surface area contributed by atoms with E-state index in [0.717, 1.165) is 11.4 Å². The van der Waals surface area contributed by atoms with Gasteiger partial charge in [-0.25, -0.2) is 19.9 Å². The third kappa shape index (κ3) is 9.69. The fraction of sp³-hybridized carbons (Fsp3) is 0.111. The number of aryl methyl sites for hydroxylation is 2. The molecule has 14 nitrogen and oxygen atoms in total. The Balaban J connectivity index is 0. The molecule has 36 heavy (non-hydrogen) atoms. The normalized spacial score (nSPS) is 9.28. The zero-order valence-corrected chi connectivity index (χ0v) is 21.3. The molecule has 0 saturated carbocycles. The number of aromatic nitrogens is 4. The van der Waals surface area contributed by atoms with Gasteiger partial charge in [-0.05, 0) is 13.8 Å². The summed E-state index contributed by atoms with van der Waals surface area (Å²) < 4.78 is 0. The number of halogens is 4. The second kappa shape index (κ2) is 14.9. The van der Waals surface area contributed by atoms with Crippen LogP contribution in [0.4, 0.5) is 11.9 Å². The van der Waals surface area contributed by atoms with Crippen molar-refractivity contribution in [3.05, 3.63) is 75.4 Å². The minimum absolute atomic E-state index is 0. The van der Waals surface area contributed by atoms with Gasteiger partial charge in [-0.1, -0.05) is 46.4 Å². The molecule has 0 amide bonds. The van der Waals surface area contributed by atoms with Crippen molar-refractivity contribution in [1.29, 1.82) is 0 Å². The number of rotatable bonds is 2. The van der Waals surface area contributed by atoms with Gasteiger partial charge in [0.1, 0.15) is 0 Å². The molecule has 0 unspecified atom stereocenters. The van der Waals surface area contributed by atoms with E-state index in [2.05, 4.69) is 19.9 Å². The molecule has 0 bridgehead atoms. The predicted octanol–water partition coefficient (Wildman–Crippen LogP) is -2.46. The molecular formula is C18H20Cl4N6O8. The molecule has 3 aromatic rings. The van der Waals surface area contributed by atoms with Crippen molar-refractivity contribution < 1.29 is 40.7 Å². The first-order chi connectivity index (χ1) is 15.6. The number of benzene rings is 1. The molecule has 0 radical (unpaired) electrons. The van der Waals surface area contributed by atoms with Crippen molar-refractivity contribution >= 4 is 70.2 Å². The topological polar surface area (TPSA) is 289 Å². The highest BCUT2D eigenvalue weighted by Crippen LogP contribution is 2.41. The molecule has 0 atom stereocenters. The third-order valence-corrected chi connectivity index (χ3v) is 5.35. The molecule has 0 saturated heterocycles. The Morgan fingerprint density at radius 2 is 1.00 bits per heavy atom. The molecule has 0 aliphatic heterocycles. The molecule has 0 spiro atoms. The van der Waals surface area contributed by atoms with Crippen LogP contribution in [0, 0.1) is 13.8 Å². The van der Waals surface area contributed by atoms with Crippen LogP contribution in [0.2, 0.25) is 20.1 Å². The van der Waals surface area contributed by atoms with Gasteiger partial charge >= 0.3 is 23.0 Å². The van der Waals surface area contributed by atoms with Crippen LogP contribution in [0.15, 0.2) is 21.7 Å². The fourth-order valence-corrected chi connectivity index (χ4v) is 3.31. The molecule has 3 rings (SSSR count). The Morgan fingerprint density at radius 1 is 0.722 bits per heavy atom. The maximum absolute atomic E-state index is 10.7. The number of hydrogen-bond donors (Lipinski definition) is 4. The Hall–Kier alpha value is -3.40. The number of aromatic amines is 4. The highest BCUT2D eigenvalue weighted by Gasteiger charge is 2.21. The average Bonchev–Trinajstić information content (AvgIpc) is 2.67. The number of nitrogens with one attached hydrogen (secondary N) is 4. The monoisotopic (exact) mass is 588 g/mol. The van der Waals surface area contributed by atoms with Crippen LogP contribution in [0.1, 0.15) is 32.1 Å². The summed E-state index contributed by atoms with van der Waals surface area (Å²) in [6.07, 6.45) is 0. The van der Waals surface area contributed by atoms with E-state index in [1.165, 1.54) is 12.1 Å². The Labute approximate surface area is 221 Å². The molecule has 0 fully saturated rings. The standard InChI is InChI=1S/C8H2Cl4O4.2C5H7N3O.2H2O/c9-3-1(7(13)14)2(8(15)16)4(10)6(12)5(3)11;2*1-3-2-4(9)8-5(6)7-3;;/h(H,13,14)(H,15,16);2*2H,1H3,(H3,6,7,8,9);2*1H2. The van der Waals surface area contributed by atoms with E-state index in [4.69, 9.17) is 57.9 Å². The summed E-state index contributed by atoms with van der Waals surface area (Å²) in [5.74, 6) is -3.10. The van der Waals surface area contributed by atoms with Gasteiger partial charge < -0.3 is 30.8 Å². The van der Waals surface area contributed by atoms with Crippen molar-refractivity contribution in [2.24, 2.45) is 0 Å². The first-order valence-corrected chi connectivity index (χ1v) is 10.2. The summed E-state index contributed by atoms with van der Waals surface area (Å²) in [4.78, 5) is 52.8. The molecule has 2 heterocycles. The van der Waals surface area contributed by atoms with Gasteiger partial charge in [0.25, 0.3) is 0 Å². The van der Waals surface area contributed by atoms with Gasteiger partial charge in [-0.2, -0.15) is 0 Å². The second-order valence-corrected chi connectivity index (χ2v) is 7.80. The van der Waals surface area contributed by atoms with Crippen LogP contribution in [0.3, 0.4) is 0 Å². The lowest BCUT2D eigenvalue weighted by atomic mass is 10.1. The summed E-state index contributed by atoms with van der Waals surface area (Å²) in [5.41, 5.74) is 9.94. The first-order valence-electron chi connectivity index (χ1n) is 8.71. The number of anilines is 2. The Bertz CT molecular complexity index is 1210. The van der Waals surface area contributed by atoms with Crippen molar-refractivity contribution in [2.45, 2.75) is 13.8 Å². The van der Waals surface area contributed by atoms with Gasteiger partial charge in [0.2, 0.25) is 0 Å². The summed E-state index contributed by atoms with van der Waals surface area (Å²) in [6, 6.07) is 2.88. The van der Waals surface area contributed by atoms with E-state index in [9.17, 15) is 29.4 Å². The SMILES string of the molecule is Cc1cc(=O)[nH]c(N)[nH+]1.Cc1cc(=O)[nH]c(N)[nH+]1.O.O.O=C([O-])c1c(Cl)c(Cl)c(Cl)c(Cl)c1C(=O)[O-]. The van der Waals surface area contributed by atoms with Crippen LogP contribution in [0.25, 0.3) is 0 Å². The van der Waals surface area contributed by atoms with Crippen molar-refractivity contribution in [3.63, 3.8) is 0 Å². The lowest BCUT2D eigenvalue weighted by molar-refractivity contribution is -0.375. The number of carboxylic acid groups (broad SMARTS) is 2. The number of H-pyrrole nitrogens is 4. The van der Waals surface area contributed by atoms with E-state index < -0.39 is 33.1 Å². The van der Waals surface area contributed by atoms with Crippen LogP contribution < -0.4 is 42.8 Å². The molecule has 0 aliphatic carbocycles. The second-order valence-electron chi connectivity index (χ2n) is 6.29. The van der Waals surface area contributed by atoms with Crippen LogP contribution >= 0.6 is 46.4 Å². The number of hydrogen-bond acceptors (Lipinski definition) is 8. The summed E-state index contributed by atoms with van der Waals surface area (Å²) >= 11 is 22.2. The molecule has 1 aromatic carbocycles. The smallest absolute Gasteiger partial charge is 0.353 e. The lowest BCUT2D eigenvalue weighted by Gasteiger charge is -2.17. The Kier molecular flexibility index (Phi) is 14.4. The van der Waals surface area contributed by atoms with Crippen LogP contribution in [0.5, 0.6) is 0 Å². The highest BCUT2D eigenvalue weighted by atomic mass is 35.5. The predicted molar refractivity (Wildman–Crippen MR) is 128 cm³/mol. The average molecular weight is 590 g/mol. The minimum Gasteiger partial charge on any atom is -0.545 e. The lowest BCUT2D eigenvalue weighted by Crippen LogP contribution is -2.31. The van der Waals surface area contributed by atoms with Gasteiger partial charge in [0, 0.05) is 11.1 Å². The fourth-order valence-electron chi connectivity index (χ4n) is 2.31. The molecule has 0 aliphatic rings. The van der Waals surface area contributed by atoms with Crippen LogP contribution in [-0.2, 0) is 0 Å².